The molecule has 1 aliphatic heterocycles. The Morgan fingerprint density at radius 2 is 2.07 bits per heavy atom. The monoisotopic (exact) mass is 364 g/mol. The highest BCUT2D eigenvalue weighted by Gasteiger charge is 2.26. The van der Waals surface area contributed by atoms with Crippen molar-refractivity contribution in [2.75, 3.05) is 20.6 Å². The minimum atomic E-state index is -0.704. The first-order valence-corrected chi connectivity index (χ1v) is 8.46. The van der Waals surface area contributed by atoms with Gasteiger partial charge in [-0.15, -0.1) is 0 Å². The Labute approximate surface area is 157 Å². The van der Waals surface area contributed by atoms with E-state index >= 15 is 0 Å². The Bertz CT molecular complexity index is 866. The van der Waals surface area contributed by atoms with E-state index in [-0.39, 0.29) is 12.3 Å². The molecule has 138 valence electrons. The van der Waals surface area contributed by atoms with Gasteiger partial charge in [-0.1, -0.05) is 42.5 Å². The lowest BCUT2D eigenvalue weighted by Gasteiger charge is -2.25. The second kappa shape index (κ2) is 8.27. The van der Waals surface area contributed by atoms with Gasteiger partial charge in [-0.05, 0) is 18.2 Å². The average molecular weight is 364 g/mol. The van der Waals surface area contributed by atoms with Crippen molar-refractivity contribution in [3.63, 3.8) is 0 Å². The normalized spacial score (nSPS) is 19.1. The number of hydrogen-bond donors (Lipinski definition) is 0. The van der Waals surface area contributed by atoms with Crippen LogP contribution in [0.5, 0.6) is 0 Å². The molecule has 1 heterocycles. The summed E-state index contributed by atoms with van der Waals surface area (Å²) in [5, 5.41) is 5.68. The summed E-state index contributed by atoms with van der Waals surface area (Å²) in [5.74, 6) is 0.319. The van der Waals surface area contributed by atoms with Gasteiger partial charge >= 0.3 is 6.03 Å². The van der Waals surface area contributed by atoms with Gasteiger partial charge in [0.2, 0.25) is 0 Å². The molecule has 2 aliphatic rings. The maximum atomic E-state index is 12.3. The molecule has 7 heteroatoms. The van der Waals surface area contributed by atoms with E-state index in [2.05, 4.69) is 10.1 Å². The van der Waals surface area contributed by atoms with Crippen LogP contribution in [0.3, 0.4) is 0 Å². The van der Waals surface area contributed by atoms with Crippen molar-refractivity contribution in [3.8, 4) is 0 Å². The molecule has 0 fully saturated rings. The Morgan fingerprint density at radius 1 is 1.30 bits per heavy atom. The zero-order chi connectivity index (χ0) is 19.2. The molecular weight excluding hydrogens is 344 g/mol. The van der Waals surface area contributed by atoms with Gasteiger partial charge in [-0.3, -0.25) is 4.79 Å². The maximum absolute atomic E-state index is 12.3. The van der Waals surface area contributed by atoms with Crippen molar-refractivity contribution >= 4 is 23.9 Å². The molecule has 2 amide bonds. The Balaban J connectivity index is 1.87. The highest BCUT2D eigenvalue weighted by atomic mass is 16.5. The number of aliphatic imine (C=N–C) groups is 1. The number of amides is 2. The Hall–Kier alpha value is -3.48. The maximum Gasteiger partial charge on any atom is 0.365 e. The van der Waals surface area contributed by atoms with Crippen LogP contribution in [0.1, 0.15) is 5.56 Å². The predicted octanol–water partition coefficient (Wildman–Crippen LogP) is 2.38. The fraction of sp³-hybridized carbons (Fsp3) is 0.200. The third-order valence-electron chi connectivity index (χ3n) is 3.76. The summed E-state index contributed by atoms with van der Waals surface area (Å²) in [6.07, 6.45) is 9.05. The van der Waals surface area contributed by atoms with Crippen LogP contribution in [0.2, 0.25) is 0 Å². The van der Waals surface area contributed by atoms with Crippen molar-refractivity contribution in [2.45, 2.75) is 6.10 Å². The molecule has 0 saturated heterocycles. The van der Waals surface area contributed by atoms with E-state index in [0.717, 1.165) is 5.56 Å². The van der Waals surface area contributed by atoms with Crippen LogP contribution >= 0.6 is 0 Å². The highest BCUT2D eigenvalue weighted by Crippen LogP contribution is 2.20. The smallest absolute Gasteiger partial charge is 0.365 e. The number of ether oxygens (including phenoxy) is 1. The number of ketones is 1. The van der Waals surface area contributed by atoms with E-state index in [0.29, 0.717) is 11.5 Å². The lowest BCUT2D eigenvalue weighted by Crippen LogP contribution is -2.32. The van der Waals surface area contributed by atoms with E-state index in [9.17, 15) is 9.59 Å². The Morgan fingerprint density at radius 3 is 2.78 bits per heavy atom. The highest BCUT2D eigenvalue weighted by molar-refractivity contribution is 6.12. The second-order valence-electron chi connectivity index (χ2n) is 6.14. The SMILES string of the molecule is CN(C)C=NC(=O)N1CC=C(OC2C=CC=CC2=O)C(c2ccccc2)=N1. The van der Waals surface area contributed by atoms with E-state index in [1.165, 1.54) is 17.4 Å². The minimum Gasteiger partial charge on any atom is -0.476 e. The van der Waals surface area contributed by atoms with Crippen molar-refractivity contribution in [1.82, 2.24) is 9.91 Å². The van der Waals surface area contributed by atoms with E-state index in [4.69, 9.17) is 4.74 Å². The van der Waals surface area contributed by atoms with Crippen LogP contribution in [0.4, 0.5) is 4.79 Å². The summed E-state index contributed by atoms with van der Waals surface area (Å²) in [6.45, 7) is 0.204. The van der Waals surface area contributed by atoms with E-state index in [1.54, 1.807) is 43.3 Å². The van der Waals surface area contributed by atoms with Crippen LogP contribution in [0.15, 0.2) is 76.6 Å². The van der Waals surface area contributed by atoms with Crippen molar-refractivity contribution < 1.29 is 14.3 Å². The summed E-state index contributed by atoms with van der Waals surface area (Å²) >= 11 is 0. The number of hydrogen-bond acceptors (Lipinski definition) is 4. The van der Waals surface area contributed by atoms with Crippen molar-refractivity contribution in [1.29, 1.82) is 0 Å². The quantitative estimate of drug-likeness (QED) is 0.607. The van der Waals surface area contributed by atoms with Gasteiger partial charge < -0.3 is 9.64 Å². The summed E-state index contributed by atoms with van der Waals surface area (Å²) in [5.41, 5.74) is 1.26. The lowest BCUT2D eigenvalue weighted by molar-refractivity contribution is -0.120. The molecule has 0 N–H and O–H groups in total. The van der Waals surface area contributed by atoms with Gasteiger partial charge in [-0.25, -0.2) is 9.80 Å². The molecule has 1 atom stereocenters. The second-order valence-corrected chi connectivity index (χ2v) is 6.14. The largest absolute Gasteiger partial charge is 0.476 e. The Kier molecular flexibility index (Phi) is 5.61. The molecular formula is C20H20N4O3. The molecule has 7 nitrogen and oxygen atoms in total. The molecule has 0 spiro atoms. The van der Waals surface area contributed by atoms with E-state index < -0.39 is 12.1 Å². The van der Waals surface area contributed by atoms with Gasteiger partial charge in [0.25, 0.3) is 0 Å². The van der Waals surface area contributed by atoms with Gasteiger partial charge in [-0.2, -0.15) is 10.1 Å². The third kappa shape index (κ3) is 4.58. The number of carbonyl (C=O) groups is 2. The number of allylic oxidation sites excluding steroid dienone is 3. The average Bonchev–Trinajstić information content (AvgIpc) is 2.69. The van der Waals surface area contributed by atoms with Crippen LogP contribution in [0.25, 0.3) is 0 Å². The molecule has 3 rings (SSSR count). The molecule has 0 bridgehead atoms. The van der Waals surface area contributed by atoms with E-state index in [1.807, 2.05) is 30.3 Å². The predicted molar refractivity (Wildman–Crippen MR) is 104 cm³/mol. The molecule has 0 aromatic heterocycles. The fourth-order valence-electron chi connectivity index (χ4n) is 2.47. The standard InChI is InChI=1S/C20H20N4O3/c1-23(2)14-21-20(26)24-13-12-18(27-17-11-7-6-10-16(17)25)19(22-24)15-8-4-3-5-9-15/h3-12,14,17H,13H2,1-2H3. The molecule has 0 radical (unpaired) electrons. The lowest BCUT2D eigenvalue weighted by atomic mass is 10.1. The molecule has 1 unspecified atom stereocenters. The van der Waals surface area contributed by atoms with Crippen molar-refractivity contribution in [2.24, 2.45) is 10.1 Å². The summed E-state index contributed by atoms with van der Waals surface area (Å²) in [6, 6.07) is 8.88. The molecule has 27 heavy (non-hydrogen) atoms. The number of carbonyl (C=O) groups excluding carboxylic acids is 2. The summed E-state index contributed by atoms with van der Waals surface area (Å²) in [7, 11) is 3.56. The number of nitrogens with zero attached hydrogens (tertiary/aromatic N) is 4. The van der Waals surface area contributed by atoms with Gasteiger partial charge in [0.05, 0.1) is 12.9 Å². The molecule has 1 aromatic rings. The summed E-state index contributed by atoms with van der Waals surface area (Å²) < 4.78 is 5.90. The van der Waals surface area contributed by atoms with Crippen LogP contribution in [-0.4, -0.2) is 60.5 Å². The first-order valence-electron chi connectivity index (χ1n) is 8.46. The topological polar surface area (TPSA) is 74.6 Å². The number of rotatable bonds is 4. The van der Waals surface area contributed by atoms with Crippen LogP contribution in [0, 0.1) is 0 Å². The zero-order valence-electron chi connectivity index (χ0n) is 15.1. The summed E-state index contributed by atoms with van der Waals surface area (Å²) in [4.78, 5) is 29.8. The van der Waals surface area contributed by atoms with Gasteiger partial charge in [0.1, 0.15) is 11.5 Å². The van der Waals surface area contributed by atoms with Crippen LogP contribution in [-0.2, 0) is 9.53 Å². The first kappa shape index (κ1) is 18.3. The molecule has 1 aliphatic carbocycles. The van der Waals surface area contributed by atoms with Gasteiger partial charge in [0.15, 0.2) is 11.9 Å². The minimum absolute atomic E-state index is 0.139. The number of urea groups is 1. The first-order chi connectivity index (χ1) is 13.0. The fourth-order valence-corrected chi connectivity index (χ4v) is 2.47. The van der Waals surface area contributed by atoms with Gasteiger partial charge in [0, 0.05) is 19.7 Å². The third-order valence-corrected chi connectivity index (χ3v) is 3.76. The zero-order valence-corrected chi connectivity index (χ0v) is 15.1. The molecule has 1 aromatic carbocycles. The van der Waals surface area contributed by atoms with Crippen molar-refractivity contribution in [3.05, 3.63) is 72.0 Å². The number of hydrazone groups is 1. The number of benzene rings is 1. The molecule has 0 saturated carbocycles. The van der Waals surface area contributed by atoms with Crippen LogP contribution < -0.4 is 0 Å².